The minimum absolute atomic E-state index is 0.0496. The number of hydrogen-bond acceptors (Lipinski definition) is 2. The molecule has 0 amide bonds. The molecule has 1 N–H and O–H groups in total. The predicted molar refractivity (Wildman–Crippen MR) is 69.1 cm³/mol. The number of aliphatic hydroxyl groups is 1. The normalized spacial score (nSPS) is 24.8. The van der Waals surface area contributed by atoms with Crippen LogP contribution in [0.25, 0.3) is 0 Å². The van der Waals surface area contributed by atoms with Crippen molar-refractivity contribution in [1.82, 2.24) is 0 Å². The maximum Gasteiger partial charge on any atom is 0.0547 e. The van der Waals surface area contributed by atoms with Crippen LogP contribution in [0.15, 0.2) is 24.3 Å². The molecule has 0 saturated carbocycles. The summed E-state index contributed by atoms with van der Waals surface area (Å²) in [6.45, 7) is 3.93. The summed E-state index contributed by atoms with van der Waals surface area (Å²) in [5, 5.41) is 9.62. The van der Waals surface area contributed by atoms with Gasteiger partial charge in [0.25, 0.3) is 0 Å². The third kappa shape index (κ3) is 3.08. The van der Waals surface area contributed by atoms with Gasteiger partial charge in [-0.3, -0.25) is 0 Å². The van der Waals surface area contributed by atoms with Gasteiger partial charge in [0.15, 0.2) is 0 Å². The summed E-state index contributed by atoms with van der Waals surface area (Å²) in [4.78, 5) is 0. The van der Waals surface area contributed by atoms with Crippen molar-refractivity contribution < 1.29 is 9.84 Å². The lowest BCUT2D eigenvalue weighted by molar-refractivity contribution is -0.0378. The SMILES string of the molecule is CCc1ccc(CC2(CO)CCCOC2)cc1. The Labute approximate surface area is 104 Å². The summed E-state index contributed by atoms with van der Waals surface area (Å²) in [5.74, 6) is 0. The monoisotopic (exact) mass is 234 g/mol. The summed E-state index contributed by atoms with van der Waals surface area (Å²) in [7, 11) is 0. The molecular weight excluding hydrogens is 212 g/mol. The van der Waals surface area contributed by atoms with Crippen LogP contribution in [0.2, 0.25) is 0 Å². The van der Waals surface area contributed by atoms with Gasteiger partial charge in [0.1, 0.15) is 0 Å². The third-order valence-electron chi connectivity index (χ3n) is 3.75. The highest BCUT2D eigenvalue weighted by molar-refractivity contribution is 5.23. The maximum atomic E-state index is 9.62. The van der Waals surface area contributed by atoms with E-state index < -0.39 is 0 Å². The molecule has 2 rings (SSSR count). The zero-order valence-corrected chi connectivity index (χ0v) is 10.6. The Hall–Kier alpha value is -0.860. The summed E-state index contributed by atoms with van der Waals surface area (Å²) in [5.41, 5.74) is 2.62. The molecule has 1 unspecified atom stereocenters. The minimum atomic E-state index is -0.0496. The van der Waals surface area contributed by atoms with Crippen LogP contribution >= 0.6 is 0 Å². The molecule has 0 aliphatic carbocycles. The van der Waals surface area contributed by atoms with Crippen LogP contribution in [0.3, 0.4) is 0 Å². The molecule has 1 aliphatic rings. The highest BCUT2D eigenvalue weighted by atomic mass is 16.5. The first kappa shape index (κ1) is 12.6. The van der Waals surface area contributed by atoms with Crippen molar-refractivity contribution in [3.05, 3.63) is 35.4 Å². The number of hydrogen-bond donors (Lipinski definition) is 1. The first-order valence-corrected chi connectivity index (χ1v) is 6.54. The Balaban J connectivity index is 2.06. The highest BCUT2D eigenvalue weighted by Crippen LogP contribution is 2.32. The zero-order chi connectivity index (χ0) is 12.1. The number of aryl methyl sites for hydroxylation is 1. The van der Waals surface area contributed by atoms with E-state index in [1.807, 2.05) is 0 Å². The summed E-state index contributed by atoms with van der Waals surface area (Å²) in [6.07, 6.45) is 4.13. The second-order valence-corrected chi connectivity index (χ2v) is 5.16. The van der Waals surface area contributed by atoms with Crippen LogP contribution in [0.4, 0.5) is 0 Å². The number of rotatable bonds is 4. The number of ether oxygens (including phenoxy) is 1. The van der Waals surface area contributed by atoms with Gasteiger partial charge in [0, 0.05) is 12.0 Å². The van der Waals surface area contributed by atoms with E-state index in [2.05, 4.69) is 31.2 Å². The van der Waals surface area contributed by atoms with E-state index in [0.717, 1.165) is 32.3 Å². The molecule has 2 nitrogen and oxygen atoms in total. The number of aliphatic hydroxyl groups excluding tert-OH is 1. The van der Waals surface area contributed by atoms with Crippen LogP contribution in [-0.4, -0.2) is 24.9 Å². The quantitative estimate of drug-likeness (QED) is 0.867. The van der Waals surface area contributed by atoms with Crippen LogP contribution in [0.5, 0.6) is 0 Å². The molecular formula is C15H22O2. The lowest BCUT2D eigenvalue weighted by Crippen LogP contribution is -2.37. The van der Waals surface area contributed by atoms with Crippen LogP contribution < -0.4 is 0 Å². The molecule has 17 heavy (non-hydrogen) atoms. The van der Waals surface area contributed by atoms with Crippen LogP contribution in [0, 0.1) is 5.41 Å². The van der Waals surface area contributed by atoms with Crippen molar-refractivity contribution in [3.63, 3.8) is 0 Å². The Morgan fingerprint density at radius 2 is 1.94 bits per heavy atom. The average Bonchev–Trinajstić information content (AvgIpc) is 2.41. The highest BCUT2D eigenvalue weighted by Gasteiger charge is 2.32. The molecule has 1 aromatic carbocycles. The van der Waals surface area contributed by atoms with Gasteiger partial charge in [-0.05, 0) is 36.8 Å². The van der Waals surface area contributed by atoms with Gasteiger partial charge < -0.3 is 9.84 Å². The van der Waals surface area contributed by atoms with Crippen LogP contribution in [-0.2, 0) is 17.6 Å². The number of benzene rings is 1. The standard InChI is InChI=1S/C15H22O2/c1-2-13-4-6-14(7-5-13)10-15(11-16)8-3-9-17-12-15/h4-7,16H,2-3,8-12H2,1H3. The van der Waals surface area contributed by atoms with E-state index >= 15 is 0 Å². The van der Waals surface area contributed by atoms with Crippen molar-refractivity contribution in [2.45, 2.75) is 32.6 Å². The lowest BCUT2D eigenvalue weighted by atomic mass is 9.78. The molecule has 0 spiro atoms. The maximum absolute atomic E-state index is 9.62. The molecule has 1 aromatic rings. The second kappa shape index (κ2) is 5.65. The topological polar surface area (TPSA) is 29.5 Å². The molecule has 2 heteroatoms. The van der Waals surface area contributed by atoms with Crippen molar-refractivity contribution in [2.75, 3.05) is 19.8 Å². The van der Waals surface area contributed by atoms with Crippen molar-refractivity contribution in [2.24, 2.45) is 5.41 Å². The first-order valence-electron chi connectivity index (χ1n) is 6.54. The van der Waals surface area contributed by atoms with Gasteiger partial charge in [0.2, 0.25) is 0 Å². The molecule has 1 fully saturated rings. The predicted octanol–water partition coefficient (Wildman–Crippen LogP) is 2.58. The van der Waals surface area contributed by atoms with Gasteiger partial charge in [0.05, 0.1) is 13.2 Å². The van der Waals surface area contributed by atoms with E-state index in [1.165, 1.54) is 11.1 Å². The lowest BCUT2D eigenvalue weighted by Gasteiger charge is -2.35. The van der Waals surface area contributed by atoms with E-state index in [4.69, 9.17) is 4.74 Å². The Morgan fingerprint density at radius 1 is 1.24 bits per heavy atom. The molecule has 1 aliphatic heterocycles. The molecule has 1 heterocycles. The Bertz CT molecular complexity index is 336. The van der Waals surface area contributed by atoms with Gasteiger partial charge in [-0.1, -0.05) is 31.2 Å². The summed E-state index contributed by atoms with van der Waals surface area (Å²) < 4.78 is 5.53. The molecule has 0 aromatic heterocycles. The Morgan fingerprint density at radius 3 is 2.47 bits per heavy atom. The molecule has 1 saturated heterocycles. The van der Waals surface area contributed by atoms with Crippen LogP contribution in [0.1, 0.15) is 30.9 Å². The third-order valence-corrected chi connectivity index (χ3v) is 3.75. The second-order valence-electron chi connectivity index (χ2n) is 5.16. The van der Waals surface area contributed by atoms with Gasteiger partial charge in [-0.25, -0.2) is 0 Å². The smallest absolute Gasteiger partial charge is 0.0547 e. The fraction of sp³-hybridized carbons (Fsp3) is 0.600. The van der Waals surface area contributed by atoms with Crippen molar-refractivity contribution in [3.8, 4) is 0 Å². The van der Waals surface area contributed by atoms with Gasteiger partial charge in [-0.2, -0.15) is 0 Å². The average molecular weight is 234 g/mol. The largest absolute Gasteiger partial charge is 0.396 e. The van der Waals surface area contributed by atoms with Gasteiger partial charge in [-0.15, -0.1) is 0 Å². The molecule has 94 valence electrons. The summed E-state index contributed by atoms with van der Waals surface area (Å²) in [6, 6.07) is 8.74. The van der Waals surface area contributed by atoms with Crippen molar-refractivity contribution >= 4 is 0 Å². The minimum Gasteiger partial charge on any atom is -0.396 e. The molecule has 1 atom stereocenters. The fourth-order valence-corrected chi connectivity index (χ4v) is 2.56. The van der Waals surface area contributed by atoms with Crippen molar-refractivity contribution in [1.29, 1.82) is 0 Å². The molecule has 0 bridgehead atoms. The fourth-order valence-electron chi connectivity index (χ4n) is 2.56. The Kier molecular flexibility index (Phi) is 4.19. The van der Waals surface area contributed by atoms with E-state index in [9.17, 15) is 5.11 Å². The molecule has 0 radical (unpaired) electrons. The summed E-state index contributed by atoms with van der Waals surface area (Å²) >= 11 is 0. The van der Waals surface area contributed by atoms with E-state index in [-0.39, 0.29) is 12.0 Å². The van der Waals surface area contributed by atoms with E-state index in [0.29, 0.717) is 6.61 Å². The van der Waals surface area contributed by atoms with Gasteiger partial charge >= 0.3 is 0 Å². The first-order chi connectivity index (χ1) is 8.28. The van der Waals surface area contributed by atoms with E-state index in [1.54, 1.807) is 0 Å². The zero-order valence-electron chi connectivity index (χ0n) is 10.6.